The van der Waals surface area contributed by atoms with Crippen LogP contribution in [0.2, 0.25) is 0 Å². The molecule has 1 N–H and O–H groups in total. The maximum atomic E-state index is 5.99. The smallest absolute Gasteiger partial charge is 0.194 e. The second-order valence-corrected chi connectivity index (χ2v) is 7.70. The van der Waals surface area contributed by atoms with E-state index in [4.69, 9.17) is 9.73 Å². The molecular formula is C23H31N7O. The third kappa shape index (κ3) is 5.52. The molecule has 1 fully saturated rings. The van der Waals surface area contributed by atoms with E-state index in [0.717, 1.165) is 49.9 Å². The van der Waals surface area contributed by atoms with E-state index in [1.165, 1.54) is 5.56 Å². The highest BCUT2D eigenvalue weighted by atomic mass is 16.5. The zero-order valence-corrected chi connectivity index (χ0v) is 18.3. The molecule has 0 bridgehead atoms. The standard InChI is InChI=1S/C23H31N7O/c1-3-24-23(30-13-14-31-21(18-30)20-15-27-28(2)17-20)26-16-22-25-10-12-29(22)11-9-19-7-5-4-6-8-19/h4-8,10,12,15,17,21H,3,9,11,13-14,16,18H2,1-2H3,(H,24,26). The van der Waals surface area contributed by atoms with Gasteiger partial charge in [0.15, 0.2) is 5.96 Å². The van der Waals surface area contributed by atoms with Gasteiger partial charge in [0.1, 0.15) is 18.5 Å². The van der Waals surface area contributed by atoms with Crippen molar-refractivity contribution in [2.45, 2.75) is 32.5 Å². The van der Waals surface area contributed by atoms with Crippen molar-refractivity contribution in [3.05, 3.63) is 72.1 Å². The third-order valence-corrected chi connectivity index (χ3v) is 5.45. The molecule has 8 nitrogen and oxygen atoms in total. The number of nitrogens with zero attached hydrogens (tertiary/aromatic N) is 6. The van der Waals surface area contributed by atoms with Gasteiger partial charge in [-0.15, -0.1) is 0 Å². The number of morpholine rings is 1. The van der Waals surface area contributed by atoms with Crippen molar-refractivity contribution in [1.29, 1.82) is 0 Å². The molecule has 1 atom stereocenters. The fraction of sp³-hybridized carbons (Fsp3) is 0.435. The summed E-state index contributed by atoms with van der Waals surface area (Å²) in [6, 6.07) is 10.5. The van der Waals surface area contributed by atoms with Gasteiger partial charge < -0.3 is 19.5 Å². The molecule has 1 aliphatic rings. The van der Waals surface area contributed by atoms with Crippen LogP contribution in [0.1, 0.15) is 30.0 Å². The maximum Gasteiger partial charge on any atom is 0.194 e. The summed E-state index contributed by atoms with van der Waals surface area (Å²) in [5, 5.41) is 7.71. The summed E-state index contributed by atoms with van der Waals surface area (Å²) in [5.74, 6) is 1.88. The second-order valence-electron chi connectivity index (χ2n) is 7.70. The number of aliphatic imine (C=N–C) groups is 1. The number of hydrogen-bond donors (Lipinski definition) is 1. The van der Waals surface area contributed by atoms with Crippen LogP contribution in [0.4, 0.5) is 0 Å². The number of aromatic nitrogens is 4. The van der Waals surface area contributed by atoms with Gasteiger partial charge in [0.25, 0.3) is 0 Å². The Hall–Kier alpha value is -3.13. The normalized spacial score (nSPS) is 17.2. The molecule has 1 unspecified atom stereocenters. The van der Waals surface area contributed by atoms with Crippen molar-refractivity contribution < 1.29 is 4.74 Å². The fourth-order valence-electron chi connectivity index (χ4n) is 3.81. The maximum absolute atomic E-state index is 5.99. The number of imidazole rings is 1. The lowest BCUT2D eigenvalue weighted by molar-refractivity contribution is -0.00805. The van der Waals surface area contributed by atoms with Gasteiger partial charge in [-0.2, -0.15) is 5.10 Å². The minimum absolute atomic E-state index is 0.000773. The van der Waals surface area contributed by atoms with Gasteiger partial charge in [-0.25, -0.2) is 9.98 Å². The minimum atomic E-state index is -0.000773. The van der Waals surface area contributed by atoms with Crippen LogP contribution in [-0.4, -0.2) is 56.4 Å². The summed E-state index contributed by atoms with van der Waals surface area (Å²) in [6.45, 7) is 6.57. The first-order valence-electron chi connectivity index (χ1n) is 10.9. The van der Waals surface area contributed by atoms with Crippen molar-refractivity contribution in [2.24, 2.45) is 12.0 Å². The van der Waals surface area contributed by atoms with Crippen LogP contribution in [0.15, 0.2) is 60.1 Å². The van der Waals surface area contributed by atoms with E-state index in [1.807, 2.05) is 42.6 Å². The molecule has 0 amide bonds. The number of aryl methyl sites for hydroxylation is 3. The summed E-state index contributed by atoms with van der Waals surface area (Å²) in [4.78, 5) is 11.7. The summed E-state index contributed by atoms with van der Waals surface area (Å²) >= 11 is 0. The molecule has 1 aliphatic heterocycles. The van der Waals surface area contributed by atoms with Gasteiger partial charge in [0.2, 0.25) is 0 Å². The number of benzene rings is 1. The predicted octanol–water partition coefficient (Wildman–Crippen LogP) is 2.40. The van der Waals surface area contributed by atoms with Crippen molar-refractivity contribution in [3.63, 3.8) is 0 Å². The zero-order valence-electron chi connectivity index (χ0n) is 18.3. The Morgan fingerprint density at radius 3 is 2.94 bits per heavy atom. The summed E-state index contributed by atoms with van der Waals surface area (Å²) in [5.41, 5.74) is 2.42. The highest BCUT2D eigenvalue weighted by Gasteiger charge is 2.25. The first-order valence-corrected chi connectivity index (χ1v) is 10.9. The van der Waals surface area contributed by atoms with E-state index in [1.54, 1.807) is 0 Å². The molecular weight excluding hydrogens is 390 g/mol. The molecule has 1 saturated heterocycles. The summed E-state index contributed by atoms with van der Waals surface area (Å²) < 4.78 is 9.99. The Balaban J connectivity index is 1.41. The van der Waals surface area contributed by atoms with Gasteiger partial charge >= 0.3 is 0 Å². The Morgan fingerprint density at radius 1 is 1.29 bits per heavy atom. The van der Waals surface area contributed by atoms with E-state index >= 15 is 0 Å². The van der Waals surface area contributed by atoms with Crippen LogP contribution in [0.3, 0.4) is 0 Å². The minimum Gasteiger partial charge on any atom is -0.370 e. The van der Waals surface area contributed by atoms with Crippen molar-refractivity contribution in [2.75, 3.05) is 26.2 Å². The van der Waals surface area contributed by atoms with Gasteiger partial charge in [-0.3, -0.25) is 4.68 Å². The summed E-state index contributed by atoms with van der Waals surface area (Å²) in [7, 11) is 1.93. The number of nitrogens with one attached hydrogen (secondary N) is 1. The van der Waals surface area contributed by atoms with E-state index < -0.39 is 0 Å². The quantitative estimate of drug-likeness (QED) is 0.469. The first-order chi connectivity index (χ1) is 15.2. The Bertz CT molecular complexity index is 979. The molecule has 3 heterocycles. The second kappa shape index (κ2) is 10.3. The summed E-state index contributed by atoms with van der Waals surface area (Å²) in [6.07, 6.45) is 8.76. The molecule has 2 aromatic heterocycles. The zero-order chi connectivity index (χ0) is 21.5. The van der Waals surface area contributed by atoms with Crippen LogP contribution in [-0.2, 0) is 31.3 Å². The van der Waals surface area contributed by atoms with Crippen molar-refractivity contribution >= 4 is 5.96 Å². The SMILES string of the molecule is CCNC(=NCc1nccn1CCc1ccccc1)N1CCOC(c2cnn(C)c2)C1. The largest absolute Gasteiger partial charge is 0.370 e. The van der Waals surface area contributed by atoms with Crippen LogP contribution in [0.5, 0.6) is 0 Å². The van der Waals surface area contributed by atoms with Crippen molar-refractivity contribution in [1.82, 2.24) is 29.5 Å². The molecule has 0 spiro atoms. The molecule has 164 valence electrons. The van der Waals surface area contributed by atoms with Crippen LogP contribution in [0.25, 0.3) is 0 Å². The lowest BCUT2D eigenvalue weighted by Crippen LogP contribution is -2.48. The predicted molar refractivity (Wildman–Crippen MR) is 121 cm³/mol. The Labute approximate surface area is 183 Å². The highest BCUT2D eigenvalue weighted by Crippen LogP contribution is 2.21. The van der Waals surface area contributed by atoms with Crippen molar-refractivity contribution in [3.8, 4) is 0 Å². The topological polar surface area (TPSA) is 72.5 Å². The molecule has 8 heteroatoms. The van der Waals surface area contributed by atoms with Gasteiger partial charge in [0, 0.05) is 50.8 Å². The molecule has 3 aromatic rings. The third-order valence-electron chi connectivity index (χ3n) is 5.45. The van der Waals surface area contributed by atoms with Crippen LogP contribution in [0, 0.1) is 0 Å². The average Bonchev–Trinajstić information content (AvgIpc) is 3.44. The molecule has 1 aromatic carbocycles. The molecule has 0 saturated carbocycles. The molecule has 0 radical (unpaired) electrons. The molecule has 4 rings (SSSR count). The Kier molecular flexibility index (Phi) is 6.99. The van der Waals surface area contributed by atoms with E-state index in [-0.39, 0.29) is 6.10 Å². The van der Waals surface area contributed by atoms with Gasteiger partial charge in [-0.1, -0.05) is 30.3 Å². The molecule has 0 aliphatic carbocycles. The van der Waals surface area contributed by atoms with Gasteiger partial charge in [0.05, 0.1) is 19.3 Å². The number of ether oxygens (including phenoxy) is 1. The van der Waals surface area contributed by atoms with Gasteiger partial charge in [-0.05, 0) is 18.9 Å². The lowest BCUT2D eigenvalue weighted by atomic mass is 10.1. The monoisotopic (exact) mass is 421 g/mol. The van der Waals surface area contributed by atoms with E-state index in [0.29, 0.717) is 13.2 Å². The van der Waals surface area contributed by atoms with E-state index in [2.05, 4.69) is 56.1 Å². The number of guanidine groups is 1. The van der Waals surface area contributed by atoms with E-state index in [9.17, 15) is 0 Å². The molecule has 31 heavy (non-hydrogen) atoms. The fourth-order valence-corrected chi connectivity index (χ4v) is 3.81. The van der Waals surface area contributed by atoms with Crippen LogP contribution < -0.4 is 5.32 Å². The first kappa shape index (κ1) is 21.1. The highest BCUT2D eigenvalue weighted by molar-refractivity contribution is 5.80. The number of rotatable bonds is 7. The number of hydrogen-bond acceptors (Lipinski definition) is 4. The Morgan fingerprint density at radius 2 is 2.16 bits per heavy atom. The van der Waals surface area contributed by atoms with Crippen LogP contribution >= 0.6 is 0 Å². The lowest BCUT2D eigenvalue weighted by Gasteiger charge is -2.34. The average molecular weight is 422 g/mol.